The van der Waals surface area contributed by atoms with Gasteiger partial charge in [0.05, 0.1) is 17.8 Å². The molecule has 6 heteroatoms. The number of rotatable bonds is 5. The number of carbonyl (C=O) groups excluding carboxylic acids is 1. The van der Waals surface area contributed by atoms with E-state index in [-0.39, 0.29) is 5.91 Å². The van der Waals surface area contributed by atoms with Crippen molar-refractivity contribution in [2.45, 2.75) is 19.9 Å². The van der Waals surface area contributed by atoms with Crippen LogP contribution in [-0.2, 0) is 17.8 Å². The molecule has 118 valence electrons. The Labute approximate surface area is 138 Å². The fourth-order valence-electron chi connectivity index (χ4n) is 2.13. The van der Waals surface area contributed by atoms with Gasteiger partial charge in [-0.2, -0.15) is 4.98 Å². The van der Waals surface area contributed by atoms with Gasteiger partial charge in [0.2, 0.25) is 17.6 Å². The average Bonchev–Trinajstić information content (AvgIpc) is 3.20. The summed E-state index contributed by atoms with van der Waals surface area (Å²) in [6.07, 6.45) is 0.364. The summed E-state index contributed by atoms with van der Waals surface area (Å²) in [4.78, 5) is 19.2. The minimum absolute atomic E-state index is 0.0183. The molecule has 0 aliphatic rings. The average molecular weight is 327 g/mol. The third-order valence-corrected chi connectivity index (χ3v) is 4.35. The first-order chi connectivity index (χ1) is 11.1. The third kappa shape index (κ3) is 3.84. The zero-order valence-corrected chi connectivity index (χ0v) is 13.8. The van der Waals surface area contributed by atoms with Crippen LogP contribution in [0, 0.1) is 6.92 Å². The van der Waals surface area contributed by atoms with Crippen LogP contribution in [0.4, 0.5) is 0 Å². The lowest BCUT2D eigenvalue weighted by atomic mass is 10.1. The number of hydrogen-bond acceptors (Lipinski definition) is 5. The molecule has 0 aliphatic heterocycles. The highest BCUT2D eigenvalue weighted by Crippen LogP contribution is 2.21. The maximum Gasteiger partial charge on any atom is 0.246 e. The molecule has 23 heavy (non-hydrogen) atoms. The van der Waals surface area contributed by atoms with Crippen LogP contribution in [0.15, 0.2) is 46.3 Å². The van der Waals surface area contributed by atoms with Gasteiger partial charge in [-0.15, -0.1) is 11.3 Å². The third-order valence-electron chi connectivity index (χ3n) is 3.48. The zero-order valence-electron chi connectivity index (χ0n) is 13.0. The number of likely N-dealkylation sites (N-methyl/N-ethyl adjacent to an activating group) is 1. The summed E-state index contributed by atoms with van der Waals surface area (Å²) in [6, 6.07) is 11.8. The quantitative estimate of drug-likeness (QED) is 0.721. The standard InChI is InChI=1S/C17H17N3O2S/c1-12-5-7-13(8-6-12)10-16(21)20(2)11-15-18-17(19-22-15)14-4-3-9-23-14/h3-9H,10-11H2,1-2H3. The molecule has 0 radical (unpaired) electrons. The molecule has 0 saturated carbocycles. The summed E-state index contributed by atoms with van der Waals surface area (Å²) in [5.41, 5.74) is 2.18. The Balaban J connectivity index is 1.61. The van der Waals surface area contributed by atoms with Crippen molar-refractivity contribution in [1.82, 2.24) is 15.0 Å². The van der Waals surface area contributed by atoms with Crippen molar-refractivity contribution in [2.24, 2.45) is 0 Å². The number of hydrogen-bond donors (Lipinski definition) is 0. The molecule has 3 aromatic rings. The number of aromatic nitrogens is 2. The minimum atomic E-state index is 0.0183. The first-order valence-corrected chi connectivity index (χ1v) is 8.16. The van der Waals surface area contributed by atoms with E-state index in [0.717, 1.165) is 10.4 Å². The van der Waals surface area contributed by atoms with Crippen LogP contribution in [0.2, 0.25) is 0 Å². The lowest BCUT2D eigenvalue weighted by molar-refractivity contribution is -0.130. The van der Waals surface area contributed by atoms with Gasteiger partial charge in [0.25, 0.3) is 0 Å². The van der Waals surface area contributed by atoms with E-state index >= 15 is 0 Å². The van der Waals surface area contributed by atoms with Crippen LogP contribution in [-0.4, -0.2) is 28.0 Å². The molecule has 0 unspecified atom stereocenters. The Hall–Kier alpha value is -2.47. The molecule has 2 aromatic heterocycles. The highest BCUT2D eigenvalue weighted by Gasteiger charge is 2.15. The topological polar surface area (TPSA) is 59.2 Å². The Kier molecular flexibility index (Phi) is 4.52. The second-order valence-electron chi connectivity index (χ2n) is 5.40. The van der Waals surface area contributed by atoms with E-state index in [1.54, 1.807) is 23.3 Å². The van der Waals surface area contributed by atoms with Gasteiger partial charge in [-0.05, 0) is 23.9 Å². The Bertz CT molecular complexity index is 779. The van der Waals surface area contributed by atoms with Crippen LogP contribution in [0.3, 0.4) is 0 Å². The van der Waals surface area contributed by atoms with Gasteiger partial charge in [-0.3, -0.25) is 4.79 Å². The molecule has 5 nitrogen and oxygen atoms in total. The van der Waals surface area contributed by atoms with E-state index in [4.69, 9.17) is 4.52 Å². The van der Waals surface area contributed by atoms with Crippen molar-refractivity contribution >= 4 is 17.2 Å². The molecule has 0 saturated heterocycles. The molecule has 3 rings (SSSR count). The molecule has 1 aromatic carbocycles. The van der Waals surface area contributed by atoms with Gasteiger partial charge in [0, 0.05) is 7.05 Å². The van der Waals surface area contributed by atoms with Crippen molar-refractivity contribution in [3.05, 3.63) is 58.8 Å². The maximum absolute atomic E-state index is 12.3. The van der Waals surface area contributed by atoms with Crippen molar-refractivity contribution in [2.75, 3.05) is 7.05 Å². The number of amides is 1. The van der Waals surface area contributed by atoms with Gasteiger partial charge in [0.15, 0.2) is 0 Å². The monoisotopic (exact) mass is 327 g/mol. The van der Waals surface area contributed by atoms with Crippen molar-refractivity contribution in [3.8, 4) is 10.7 Å². The van der Waals surface area contributed by atoms with Gasteiger partial charge in [-0.25, -0.2) is 0 Å². The molecule has 0 bridgehead atoms. The summed E-state index contributed by atoms with van der Waals surface area (Å²) in [5, 5.41) is 5.91. The summed E-state index contributed by atoms with van der Waals surface area (Å²) in [5.74, 6) is 1.02. The lowest BCUT2D eigenvalue weighted by Crippen LogP contribution is -2.27. The maximum atomic E-state index is 12.3. The molecular weight excluding hydrogens is 310 g/mol. The second-order valence-corrected chi connectivity index (χ2v) is 6.35. The molecular formula is C17H17N3O2S. The number of nitrogens with zero attached hydrogens (tertiary/aromatic N) is 3. The van der Waals surface area contributed by atoms with Crippen molar-refractivity contribution < 1.29 is 9.32 Å². The van der Waals surface area contributed by atoms with Crippen LogP contribution in [0.1, 0.15) is 17.0 Å². The van der Waals surface area contributed by atoms with Crippen molar-refractivity contribution in [3.63, 3.8) is 0 Å². The summed E-state index contributed by atoms with van der Waals surface area (Å²) in [6.45, 7) is 2.33. The first-order valence-electron chi connectivity index (χ1n) is 7.28. The van der Waals surface area contributed by atoms with Crippen LogP contribution >= 0.6 is 11.3 Å². The fraction of sp³-hybridized carbons (Fsp3) is 0.235. The number of benzene rings is 1. The predicted molar refractivity (Wildman–Crippen MR) is 89.0 cm³/mol. The molecule has 0 aliphatic carbocycles. The lowest BCUT2D eigenvalue weighted by Gasteiger charge is -2.14. The van der Waals surface area contributed by atoms with Gasteiger partial charge in [0.1, 0.15) is 0 Å². The largest absolute Gasteiger partial charge is 0.337 e. The molecule has 0 N–H and O–H groups in total. The summed E-state index contributed by atoms with van der Waals surface area (Å²) >= 11 is 1.55. The van der Waals surface area contributed by atoms with Gasteiger partial charge >= 0.3 is 0 Å². The summed E-state index contributed by atoms with van der Waals surface area (Å²) < 4.78 is 5.23. The van der Waals surface area contributed by atoms with E-state index in [1.807, 2.05) is 48.7 Å². The molecule has 0 atom stereocenters. The van der Waals surface area contributed by atoms with E-state index in [0.29, 0.717) is 24.7 Å². The normalized spacial score (nSPS) is 10.7. The van der Waals surface area contributed by atoms with Crippen LogP contribution in [0.25, 0.3) is 10.7 Å². The van der Waals surface area contributed by atoms with Crippen LogP contribution in [0.5, 0.6) is 0 Å². The van der Waals surface area contributed by atoms with E-state index in [9.17, 15) is 4.79 Å². The molecule has 0 fully saturated rings. The number of carbonyl (C=O) groups is 1. The first kappa shape index (κ1) is 15.4. The summed E-state index contributed by atoms with van der Waals surface area (Å²) in [7, 11) is 1.74. The predicted octanol–water partition coefficient (Wildman–Crippen LogP) is 3.31. The van der Waals surface area contributed by atoms with Crippen LogP contribution < -0.4 is 0 Å². The fourth-order valence-corrected chi connectivity index (χ4v) is 2.78. The zero-order chi connectivity index (χ0) is 16.2. The molecule has 1 amide bonds. The number of aryl methyl sites for hydroxylation is 1. The van der Waals surface area contributed by atoms with Crippen molar-refractivity contribution in [1.29, 1.82) is 0 Å². The highest BCUT2D eigenvalue weighted by atomic mass is 32.1. The van der Waals surface area contributed by atoms with E-state index in [2.05, 4.69) is 10.1 Å². The minimum Gasteiger partial charge on any atom is -0.337 e. The Morgan fingerprint density at radius 1 is 1.26 bits per heavy atom. The highest BCUT2D eigenvalue weighted by molar-refractivity contribution is 7.13. The second kappa shape index (κ2) is 6.75. The Morgan fingerprint density at radius 3 is 2.74 bits per heavy atom. The van der Waals surface area contributed by atoms with Gasteiger partial charge in [-0.1, -0.05) is 41.1 Å². The van der Waals surface area contributed by atoms with E-state index in [1.165, 1.54) is 5.56 Å². The SMILES string of the molecule is Cc1ccc(CC(=O)N(C)Cc2nc(-c3cccs3)no2)cc1. The molecule has 2 heterocycles. The smallest absolute Gasteiger partial charge is 0.246 e. The van der Waals surface area contributed by atoms with E-state index < -0.39 is 0 Å². The number of thiophene rings is 1. The Morgan fingerprint density at radius 2 is 2.04 bits per heavy atom. The van der Waals surface area contributed by atoms with Gasteiger partial charge < -0.3 is 9.42 Å². The molecule has 0 spiro atoms.